The summed E-state index contributed by atoms with van der Waals surface area (Å²) in [6.07, 6.45) is 0.587. The molecular weight excluding hydrogens is 1200 g/mol. The van der Waals surface area contributed by atoms with Crippen molar-refractivity contribution in [2.24, 2.45) is 0 Å². The molecule has 0 bridgehead atoms. The molecule has 12 rings (SSSR count). The quantitative estimate of drug-likeness (QED) is 0.0944. The Balaban J connectivity index is 0.000000182. The van der Waals surface area contributed by atoms with Gasteiger partial charge in [0.25, 0.3) is 11.8 Å². The highest BCUT2D eigenvalue weighted by molar-refractivity contribution is 6.42. The number of fused-ring (bicyclic) bond motifs is 4. The summed E-state index contributed by atoms with van der Waals surface area (Å²) in [6, 6.07) is 51.6. The number of carbonyl (C=O) groups excluding carboxylic acids is 2. The van der Waals surface area contributed by atoms with E-state index in [0.717, 1.165) is 57.3 Å². The monoisotopic (exact) mass is 1260 g/mol. The van der Waals surface area contributed by atoms with Crippen molar-refractivity contribution < 1.29 is 48.3 Å². The third-order valence-corrected chi connectivity index (χ3v) is 18.4. The number of ether oxygens (including phenoxy) is 4. The van der Waals surface area contributed by atoms with E-state index in [0.29, 0.717) is 105 Å². The molecule has 4 aliphatic rings. The minimum absolute atomic E-state index is 0.0446. The van der Waals surface area contributed by atoms with Crippen LogP contribution in [-0.4, -0.2) is 69.9 Å². The molecule has 0 radical (unpaired) electrons. The SMILES string of the molecule is CCC(c1ccccc1)N1Cc2cc3c(cc2C[C@H]1C(=O)O)N(C)C(=O)[C@@H](c1ccc(OCc2ccc(Cl)c(Cl)c2)cc1)O3.CC[C@H](c1ccccc1)N1Cc2cc3c(cc2C[C@H]1C(=O)O)N(C)C(=O)[C@@H](c1ccc(OCc2ccc(Cl)c(Cl)c2)cc1)O3. The van der Waals surface area contributed by atoms with Crippen LogP contribution in [0.15, 0.2) is 170 Å². The largest absolute Gasteiger partial charge is 0.489 e. The normalized spacial score (nSPS) is 18.6. The number of nitrogens with zero attached hydrogens (tertiary/aromatic N) is 4. The maximum absolute atomic E-state index is 13.5. The van der Waals surface area contributed by atoms with E-state index in [2.05, 4.69) is 23.6 Å². The molecule has 0 spiro atoms. The Morgan fingerprint density at radius 3 is 1.22 bits per heavy atom. The number of anilines is 2. The van der Waals surface area contributed by atoms with Gasteiger partial charge in [-0.05, 0) is 143 Å². The van der Waals surface area contributed by atoms with Crippen LogP contribution in [-0.2, 0) is 58.3 Å². The van der Waals surface area contributed by atoms with E-state index < -0.39 is 36.2 Å². The van der Waals surface area contributed by atoms with Gasteiger partial charge in [0.15, 0.2) is 0 Å². The van der Waals surface area contributed by atoms with Crippen molar-refractivity contribution in [1.82, 2.24) is 9.80 Å². The van der Waals surface area contributed by atoms with Crippen molar-refractivity contribution in [2.75, 3.05) is 23.9 Å². The molecule has 8 aromatic rings. The molecule has 88 heavy (non-hydrogen) atoms. The van der Waals surface area contributed by atoms with Crippen molar-refractivity contribution in [2.45, 2.75) is 102 Å². The van der Waals surface area contributed by atoms with E-state index >= 15 is 0 Å². The van der Waals surface area contributed by atoms with E-state index in [1.54, 1.807) is 48.2 Å². The van der Waals surface area contributed by atoms with Gasteiger partial charge in [0.1, 0.15) is 48.3 Å². The average molecular weight is 1260 g/mol. The Labute approximate surface area is 531 Å². The van der Waals surface area contributed by atoms with Gasteiger partial charge in [-0.3, -0.25) is 29.0 Å². The van der Waals surface area contributed by atoms with Crippen LogP contribution in [0.25, 0.3) is 0 Å². The molecule has 4 aliphatic heterocycles. The average Bonchev–Trinajstić information content (AvgIpc) is 1.48. The molecule has 0 saturated heterocycles. The number of aliphatic carboxylic acids is 2. The van der Waals surface area contributed by atoms with E-state index in [1.807, 2.05) is 146 Å². The lowest BCUT2D eigenvalue weighted by atomic mass is 9.89. The molecule has 4 heterocycles. The van der Waals surface area contributed by atoms with Gasteiger partial charge in [-0.25, -0.2) is 0 Å². The smallest absolute Gasteiger partial charge is 0.321 e. The second kappa shape index (κ2) is 26.7. The Kier molecular flexibility index (Phi) is 18.7. The Morgan fingerprint density at radius 2 is 0.875 bits per heavy atom. The van der Waals surface area contributed by atoms with Crippen molar-refractivity contribution >= 4 is 81.5 Å². The topological polar surface area (TPSA) is 159 Å². The summed E-state index contributed by atoms with van der Waals surface area (Å²) in [5.41, 5.74) is 10.5. The molecule has 8 aromatic carbocycles. The van der Waals surface area contributed by atoms with E-state index in [-0.39, 0.29) is 23.9 Å². The lowest BCUT2D eigenvalue weighted by Crippen LogP contribution is -2.47. The number of carboxylic acids is 2. The maximum Gasteiger partial charge on any atom is 0.321 e. The molecule has 0 aromatic heterocycles. The number of carboxylic acid groups (broad SMARTS) is 2. The maximum atomic E-state index is 13.5. The lowest BCUT2D eigenvalue weighted by molar-refractivity contribution is -0.146. The summed E-state index contributed by atoms with van der Waals surface area (Å²) in [5.74, 6) is 0.356. The number of benzene rings is 8. The zero-order chi connectivity index (χ0) is 61.9. The third kappa shape index (κ3) is 13.1. The van der Waals surface area contributed by atoms with Crippen LogP contribution in [0.1, 0.15) is 107 Å². The van der Waals surface area contributed by atoms with Gasteiger partial charge in [-0.2, -0.15) is 0 Å². The molecule has 6 atom stereocenters. The predicted molar refractivity (Wildman–Crippen MR) is 341 cm³/mol. The van der Waals surface area contributed by atoms with Crippen LogP contribution in [0.2, 0.25) is 20.1 Å². The first-order chi connectivity index (χ1) is 42.5. The van der Waals surface area contributed by atoms with Crippen molar-refractivity contribution in [3.8, 4) is 23.0 Å². The van der Waals surface area contributed by atoms with Crippen LogP contribution in [0.4, 0.5) is 11.4 Å². The zero-order valence-electron chi connectivity index (χ0n) is 48.7. The zero-order valence-corrected chi connectivity index (χ0v) is 51.8. The fourth-order valence-corrected chi connectivity index (χ4v) is 12.8. The number of likely N-dealkylation sites (N-methyl/N-ethyl adjacent to an activating group) is 2. The van der Waals surface area contributed by atoms with Gasteiger partial charge < -0.3 is 39.0 Å². The Hall–Kier alpha value is -8.08. The van der Waals surface area contributed by atoms with Gasteiger partial charge in [-0.1, -0.05) is 157 Å². The first-order valence-electron chi connectivity index (χ1n) is 29.1. The minimum Gasteiger partial charge on any atom is -0.489 e. The van der Waals surface area contributed by atoms with Gasteiger partial charge in [0.05, 0.1) is 31.5 Å². The van der Waals surface area contributed by atoms with Gasteiger partial charge in [0.2, 0.25) is 12.2 Å². The Morgan fingerprint density at radius 1 is 0.500 bits per heavy atom. The first-order valence-corrected chi connectivity index (χ1v) is 30.6. The number of rotatable bonds is 16. The summed E-state index contributed by atoms with van der Waals surface area (Å²) in [4.78, 5) is 59.1. The highest BCUT2D eigenvalue weighted by Gasteiger charge is 2.42. The highest BCUT2D eigenvalue weighted by Crippen LogP contribution is 2.46. The van der Waals surface area contributed by atoms with Crippen LogP contribution in [0.3, 0.4) is 0 Å². The molecule has 2 N–H and O–H groups in total. The summed E-state index contributed by atoms with van der Waals surface area (Å²) in [7, 11) is 3.45. The number of amides is 2. The minimum atomic E-state index is -0.854. The second-order valence-corrected chi connectivity index (χ2v) is 23.9. The van der Waals surface area contributed by atoms with Gasteiger partial charge >= 0.3 is 11.9 Å². The molecule has 14 nitrogen and oxygen atoms in total. The van der Waals surface area contributed by atoms with Gasteiger partial charge in [-0.15, -0.1) is 0 Å². The summed E-state index contributed by atoms with van der Waals surface area (Å²) < 4.78 is 24.5. The van der Waals surface area contributed by atoms with Crippen LogP contribution in [0, 0.1) is 0 Å². The summed E-state index contributed by atoms with van der Waals surface area (Å²) >= 11 is 24.2. The summed E-state index contributed by atoms with van der Waals surface area (Å²) in [5, 5.41) is 22.3. The van der Waals surface area contributed by atoms with Crippen molar-refractivity contribution in [3.63, 3.8) is 0 Å². The molecule has 0 aliphatic carbocycles. The second-order valence-electron chi connectivity index (χ2n) is 22.3. The fourth-order valence-electron chi connectivity index (χ4n) is 12.2. The molecule has 452 valence electrons. The van der Waals surface area contributed by atoms with Gasteiger partial charge in [0, 0.05) is 50.4 Å². The molecule has 18 heteroatoms. The van der Waals surface area contributed by atoms with Crippen LogP contribution in [0.5, 0.6) is 23.0 Å². The lowest BCUT2D eigenvalue weighted by Gasteiger charge is -2.41. The van der Waals surface area contributed by atoms with E-state index in [9.17, 15) is 29.4 Å². The number of hydrogen-bond acceptors (Lipinski definition) is 10. The number of hydrogen-bond donors (Lipinski definition) is 2. The number of carbonyl (C=O) groups is 4. The van der Waals surface area contributed by atoms with Crippen molar-refractivity contribution in [3.05, 3.63) is 246 Å². The third-order valence-electron chi connectivity index (χ3n) is 16.9. The standard InChI is InChI=1S/2C35H32Cl2N2O5/c2*1-3-29(22-7-5-4-6-8-22)39-19-25-18-32-30(16-24(25)17-31(39)35(41)42)38(2)34(40)33(44-32)23-10-12-26(13-11-23)43-20-21-9-14-27(36)28(37)15-21/h2*4-16,18,29,31,33H,3,17,19-20H2,1-2H3,(H,41,42)/t29?,31-,33+;29-,31+,33-/m01/s1. The highest BCUT2D eigenvalue weighted by atomic mass is 35.5. The Bertz CT molecular complexity index is 3640. The van der Waals surface area contributed by atoms with Crippen molar-refractivity contribution in [1.29, 1.82) is 0 Å². The first kappa shape index (κ1) is 61.6. The van der Waals surface area contributed by atoms with E-state index in [4.69, 9.17) is 65.4 Å². The predicted octanol–water partition coefficient (Wildman–Crippen LogP) is 15.3. The van der Waals surface area contributed by atoms with Crippen LogP contribution >= 0.6 is 46.4 Å². The molecular formula is C70H64Cl4N4O10. The molecule has 0 saturated carbocycles. The van der Waals surface area contributed by atoms with Crippen LogP contribution < -0.4 is 28.7 Å². The summed E-state index contributed by atoms with van der Waals surface area (Å²) in [6.45, 7) is 5.72. The van der Waals surface area contributed by atoms with E-state index in [1.165, 1.54) is 0 Å². The molecule has 2 amide bonds. The number of halogens is 4. The molecule has 1 unspecified atom stereocenters. The molecule has 0 fully saturated rings. The fraction of sp³-hybridized carbons (Fsp3) is 0.257.